The average molecular weight is 415 g/mol. The summed E-state index contributed by atoms with van der Waals surface area (Å²) in [6.45, 7) is 7.21. The highest BCUT2D eigenvalue weighted by Crippen LogP contribution is 2.24. The molecule has 0 radical (unpaired) electrons. The number of carbonyl (C=O) groups is 1. The van der Waals surface area contributed by atoms with Crippen molar-refractivity contribution in [2.24, 2.45) is 0 Å². The largest absolute Gasteiger partial charge is 0.462 e. The van der Waals surface area contributed by atoms with Crippen LogP contribution in [-0.4, -0.2) is 40.7 Å². The molecule has 1 aromatic carbocycles. The highest BCUT2D eigenvalue weighted by Gasteiger charge is 2.26. The minimum absolute atomic E-state index is 0.0368. The number of carbonyl (C=O) groups excluding carboxylic acids is 1. The summed E-state index contributed by atoms with van der Waals surface area (Å²) in [5, 5.41) is 4.13. The third-order valence-electron chi connectivity index (χ3n) is 3.99. The van der Waals surface area contributed by atoms with Gasteiger partial charge in [-0.1, -0.05) is 17.7 Å². The summed E-state index contributed by atoms with van der Waals surface area (Å²) in [7, 11) is -4.00. The van der Waals surface area contributed by atoms with E-state index in [0.29, 0.717) is 11.4 Å². The second-order valence-corrected chi connectivity index (χ2v) is 8.09. The number of esters is 1. The van der Waals surface area contributed by atoms with E-state index in [2.05, 4.69) is 19.8 Å². The van der Waals surface area contributed by atoms with Crippen LogP contribution in [0.2, 0.25) is 0 Å². The number of sulfonamides is 1. The van der Waals surface area contributed by atoms with Crippen molar-refractivity contribution in [2.75, 3.05) is 11.3 Å². The van der Waals surface area contributed by atoms with Crippen molar-refractivity contribution in [1.29, 1.82) is 0 Å². The molecule has 29 heavy (non-hydrogen) atoms. The summed E-state index contributed by atoms with van der Waals surface area (Å²) in [5.41, 5.74) is 2.23. The zero-order valence-corrected chi connectivity index (χ0v) is 17.3. The number of anilines is 1. The van der Waals surface area contributed by atoms with Crippen LogP contribution in [-0.2, 0) is 14.8 Å². The molecule has 3 aromatic rings. The molecule has 0 amide bonds. The van der Waals surface area contributed by atoms with E-state index in [4.69, 9.17) is 4.74 Å². The van der Waals surface area contributed by atoms with Crippen LogP contribution in [0.15, 0.2) is 41.4 Å². The fourth-order valence-electron chi connectivity index (χ4n) is 2.66. The fraction of sp³-hybridized carbons (Fsp3) is 0.263. The van der Waals surface area contributed by atoms with Crippen LogP contribution < -0.4 is 4.72 Å². The first kappa shape index (κ1) is 20.5. The van der Waals surface area contributed by atoms with Gasteiger partial charge < -0.3 is 4.74 Å². The number of rotatable bonds is 6. The highest BCUT2D eigenvalue weighted by molar-refractivity contribution is 7.92. The van der Waals surface area contributed by atoms with Crippen LogP contribution in [0.5, 0.6) is 0 Å². The maximum Gasteiger partial charge on any atom is 0.343 e. The SMILES string of the molecule is CCOC(=O)c1cnn(-c2nc(C)cc(C)n2)c1NS(=O)(=O)c1ccc(C)cc1. The quantitative estimate of drug-likeness (QED) is 0.615. The van der Waals surface area contributed by atoms with Crippen molar-refractivity contribution in [1.82, 2.24) is 19.7 Å². The van der Waals surface area contributed by atoms with Gasteiger partial charge in [0.2, 0.25) is 0 Å². The molecule has 0 unspecified atom stereocenters. The molecule has 0 spiro atoms. The average Bonchev–Trinajstić information content (AvgIpc) is 3.04. The van der Waals surface area contributed by atoms with Crippen LogP contribution in [0.25, 0.3) is 5.95 Å². The second-order valence-electron chi connectivity index (χ2n) is 6.41. The Balaban J connectivity index is 2.12. The first-order valence-corrected chi connectivity index (χ1v) is 10.4. The molecule has 2 heterocycles. The van der Waals surface area contributed by atoms with Crippen LogP contribution in [0.4, 0.5) is 5.82 Å². The van der Waals surface area contributed by atoms with Crippen molar-refractivity contribution in [3.05, 3.63) is 59.0 Å². The van der Waals surface area contributed by atoms with Crippen molar-refractivity contribution in [3.63, 3.8) is 0 Å². The lowest BCUT2D eigenvalue weighted by atomic mass is 10.2. The van der Waals surface area contributed by atoms with E-state index >= 15 is 0 Å². The van der Waals surface area contributed by atoms with E-state index < -0.39 is 16.0 Å². The van der Waals surface area contributed by atoms with E-state index in [-0.39, 0.29) is 28.8 Å². The number of hydrogen-bond acceptors (Lipinski definition) is 7. The van der Waals surface area contributed by atoms with E-state index in [9.17, 15) is 13.2 Å². The topological polar surface area (TPSA) is 116 Å². The van der Waals surface area contributed by atoms with Gasteiger partial charge >= 0.3 is 5.97 Å². The Bertz CT molecular complexity index is 1130. The Labute approximate surface area is 168 Å². The summed E-state index contributed by atoms with van der Waals surface area (Å²) >= 11 is 0. The Kier molecular flexibility index (Phi) is 5.64. The second kappa shape index (κ2) is 8.00. The molecule has 0 saturated carbocycles. The number of ether oxygens (including phenoxy) is 1. The smallest absolute Gasteiger partial charge is 0.343 e. The summed E-state index contributed by atoms with van der Waals surface area (Å²) in [5.74, 6) is -0.654. The summed E-state index contributed by atoms with van der Waals surface area (Å²) < 4.78 is 34.5. The molecule has 9 nitrogen and oxygen atoms in total. The first-order valence-electron chi connectivity index (χ1n) is 8.88. The summed E-state index contributed by atoms with van der Waals surface area (Å²) in [6.07, 6.45) is 1.23. The van der Waals surface area contributed by atoms with Crippen LogP contribution >= 0.6 is 0 Å². The lowest BCUT2D eigenvalue weighted by Crippen LogP contribution is -2.19. The van der Waals surface area contributed by atoms with Gasteiger partial charge in [0.25, 0.3) is 16.0 Å². The number of nitrogens with one attached hydrogen (secondary N) is 1. The van der Waals surface area contributed by atoms with E-state index in [1.165, 1.54) is 23.0 Å². The molecule has 0 aliphatic rings. The predicted octanol–water partition coefficient (Wildman–Crippen LogP) is 2.57. The van der Waals surface area contributed by atoms with Gasteiger partial charge in [0.05, 0.1) is 17.7 Å². The Morgan fingerprint density at radius 3 is 2.31 bits per heavy atom. The molecule has 0 aliphatic carbocycles. The Morgan fingerprint density at radius 2 is 1.72 bits per heavy atom. The molecular weight excluding hydrogens is 394 g/mol. The molecular formula is C19H21N5O4S. The van der Waals surface area contributed by atoms with Crippen LogP contribution in [0.3, 0.4) is 0 Å². The number of benzene rings is 1. The third kappa shape index (κ3) is 4.43. The normalized spacial score (nSPS) is 11.3. The minimum Gasteiger partial charge on any atom is -0.462 e. The number of aryl methyl sites for hydroxylation is 3. The van der Waals surface area contributed by atoms with Gasteiger partial charge in [-0.25, -0.2) is 23.2 Å². The van der Waals surface area contributed by atoms with Gasteiger partial charge in [0.1, 0.15) is 5.56 Å². The standard InChI is InChI=1S/C19H21N5O4S/c1-5-28-18(25)16-11-20-24(19-21-13(3)10-14(4)22-19)17(16)23-29(26,27)15-8-6-12(2)7-9-15/h6-11,23H,5H2,1-4H3. The molecule has 0 atom stereocenters. The fourth-order valence-corrected chi connectivity index (χ4v) is 3.73. The van der Waals surface area contributed by atoms with Gasteiger partial charge in [-0.2, -0.15) is 9.78 Å². The summed E-state index contributed by atoms with van der Waals surface area (Å²) in [6, 6.07) is 8.11. The Morgan fingerprint density at radius 1 is 1.10 bits per heavy atom. The molecule has 0 aliphatic heterocycles. The lowest BCUT2D eigenvalue weighted by molar-refractivity contribution is 0.0527. The number of nitrogens with zero attached hydrogens (tertiary/aromatic N) is 4. The molecule has 0 bridgehead atoms. The van der Waals surface area contributed by atoms with Gasteiger partial charge in [0, 0.05) is 11.4 Å². The van der Waals surface area contributed by atoms with Crippen LogP contribution in [0.1, 0.15) is 34.2 Å². The predicted molar refractivity (Wildman–Crippen MR) is 107 cm³/mol. The lowest BCUT2D eigenvalue weighted by Gasteiger charge is -2.12. The van der Waals surface area contributed by atoms with Crippen molar-refractivity contribution >= 4 is 21.8 Å². The zero-order valence-electron chi connectivity index (χ0n) is 16.5. The zero-order chi connectivity index (χ0) is 21.2. The molecule has 3 rings (SSSR count). The summed E-state index contributed by atoms with van der Waals surface area (Å²) in [4.78, 5) is 21.0. The van der Waals surface area contributed by atoms with Gasteiger partial charge in [-0.15, -0.1) is 0 Å². The molecule has 152 valence electrons. The van der Waals surface area contributed by atoms with Gasteiger partial charge in [0.15, 0.2) is 5.82 Å². The molecule has 2 aromatic heterocycles. The van der Waals surface area contributed by atoms with Gasteiger partial charge in [-0.05, 0) is 45.9 Å². The van der Waals surface area contributed by atoms with Crippen LogP contribution in [0, 0.1) is 20.8 Å². The minimum atomic E-state index is -4.00. The van der Waals surface area contributed by atoms with E-state index in [0.717, 1.165) is 5.56 Å². The van der Waals surface area contributed by atoms with Crippen molar-refractivity contribution in [3.8, 4) is 5.95 Å². The molecule has 0 saturated heterocycles. The monoisotopic (exact) mass is 415 g/mol. The molecule has 10 heteroatoms. The number of aromatic nitrogens is 4. The van der Waals surface area contributed by atoms with Crippen molar-refractivity contribution < 1.29 is 17.9 Å². The Hall–Kier alpha value is -3.27. The maximum atomic E-state index is 12.9. The maximum absolute atomic E-state index is 12.9. The third-order valence-corrected chi connectivity index (χ3v) is 5.34. The highest BCUT2D eigenvalue weighted by atomic mass is 32.2. The van der Waals surface area contributed by atoms with Crippen molar-refractivity contribution in [2.45, 2.75) is 32.6 Å². The molecule has 1 N–H and O–H groups in total. The van der Waals surface area contributed by atoms with E-state index in [1.807, 2.05) is 6.92 Å². The van der Waals surface area contributed by atoms with Gasteiger partial charge in [-0.3, -0.25) is 4.72 Å². The number of hydrogen-bond donors (Lipinski definition) is 1. The first-order chi connectivity index (χ1) is 13.7. The molecule has 0 fully saturated rings. The van der Waals surface area contributed by atoms with E-state index in [1.54, 1.807) is 39.0 Å².